The van der Waals surface area contributed by atoms with E-state index < -0.39 is 0 Å². The van der Waals surface area contributed by atoms with Crippen molar-refractivity contribution in [1.82, 2.24) is 9.78 Å². The molecule has 0 aliphatic heterocycles. The number of hydrogen-bond acceptors (Lipinski definition) is 2. The van der Waals surface area contributed by atoms with Crippen LogP contribution >= 0.6 is 0 Å². The molecule has 0 bridgehead atoms. The molecular formula is C10H19N3. The summed E-state index contributed by atoms with van der Waals surface area (Å²) >= 11 is 0. The molecule has 0 saturated heterocycles. The summed E-state index contributed by atoms with van der Waals surface area (Å²) in [6, 6.07) is 2.53. The zero-order chi connectivity index (χ0) is 9.68. The molecular weight excluding hydrogens is 162 g/mol. The molecule has 1 heterocycles. The summed E-state index contributed by atoms with van der Waals surface area (Å²) in [5.74, 6) is 0.988. The minimum absolute atomic E-state index is 0.497. The van der Waals surface area contributed by atoms with Crippen molar-refractivity contribution < 1.29 is 0 Å². The topological polar surface area (TPSA) is 29.9 Å². The highest BCUT2D eigenvalue weighted by Crippen LogP contribution is 2.11. The van der Waals surface area contributed by atoms with Gasteiger partial charge >= 0.3 is 0 Å². The summed E-state index contributed by atoms with van der Waals surface area (Å²) in [6.07, 6.45) is 4.29. The van der Waals surface area contributed by atoms with E-state index in [0.717, 1.165) is 25.2 Å². The van der Waals surface area contributed by atoms with Gasteiger partial charge in [0.15, 0.2) is 0 Å². The Morgan fingerprint density at radius 2 is 2.31 bits per heavy atom. The Morgan fingerprint density at radius 1 is 1.54 bits per heavy atom. The molecule has 0 aliphatic carbocycles. The lowest BCUT2D eigenvalue weighted by Gasteiger charge is -2.08. The molecule has 1 atom stereocenters. The minimum atomic E-state index is 0.497. The highest BCUT2D eigenvalue weighted by atomic mass is 15.3. The van der Waals surface area contributed by atoms with Gasteiger partial charge in [-0.3, -0.25) is 4.68 Å². The molecule has 1 aromatic heterocycles. The van der Waals surface area contributed by atoms with Gasteiger partial charge in [-0.25, -0.2) is 0 Å². The van der Waals surface area contributed by atoms with Crippen LogP contribution in [0.5, 0.6) is 0 Å². The lowest BCUT2D eigenvalue weighted by atomic mass is 10.3. The fourth-order valence-electron chi connectivity index (χ4n) is 1.12. The predicted molar refractivity (Wildman–Crippen MR) is 56.0 cm³/mol. The van der Waals surface area contributed by atoms with Gasteiger partial charge in [-0.1, -0.05) is 13.8 Å². The molecule has 3 nitrogen and oxygen atoms in total. The van der Waals surface area contributed by atoms with E-state index in [0.29, 0.717) is 6.04 Å². The number of hydrogen-bond donors (Lipinski definition) is 1. The average molecular weight is 181 g/mol. The third-order valence-corrected chi connectivity index (χ3v) is 2.21. The maximum Gasteiger partial charge on any atom is 0.147 e. The van der Waals surface area contributed by atoms with Crippen LogP contribution in [0.1, 0.15) is 39.7 Å². The summed E-state index contributed by atoms with van der Waals surface area (Å²) in [7, 11) is 0. The second-order valence-corrected chi connectivity index (χ2v) is 3.37. The van der Waals surface area contributed by atoms with Crippen molar-refractivity contribution in [2.24, 2.45) is 0 Å². The molecule has 3 heteroatoms. The maximum absolute atomic E-state index is 4.42. The Morgan fingerprint density at radius 3 is 2.92 bits per heavy atom. The van der Waals surface area contributed by atoms with Crippen molar-refractivity contribution in [2.75, 3.05) is 11.9 Å². The van der Waals surface area contributed by atoms with Gasteiger partial charge in [0.1, 0.15) is 5.82 Å². The van der Waals surface area contributed by atoms with Crippen molar-refractivity contribution in [3.05, 3.63) is 12.3 Å². The van der Waals surface area contributed by atoms with Gasteiger partial charge in [-0.05, 0) is 19.8 Å². The van der Waals surface area contributed by atoms with Gasteiger partial charge in [0, 0.05) is 24.8 Å². The molecule has 13 heavy (non-hydrogen) atoms. The zero-order valence-corrected chi connectivity index (χ0v) is 8.75. The number of rotatable bonds is 5. The highest BCUT2D eigenvalue weighted by molar-refractivity contribution is 5.31. The Kier molecular flexibility index (Phi) is 3.80. The molecule has 0 aromatic carbocycles. The number of nitrogens with zero attached hydrogens (tertiary/aromatic N) is 2. The van der Waals surface area contributed by atoms with Gasteiger partial charge in [-0.2, -0.15) is 5.10 Å². The standard InChI is InChI=1S/C10H19N3/c1-4-7-11-10-6-8-13(12-10)9(3)5-2/h6,8-9H,4-5,7H2,1-3H3,(H,11,12)/t9-/m0/s1. The summed E-state index contributed by atoms with van der Waals surface area (Å²) in [4.78, 5) is 0. The van der Waals surface area contributed by atoms with E-state index >= 15 is 0 Å². The number of nitrogens with one attached hydrogen (secondary N) is 1. The fourth-order valence-corrected chi connectivity index (χ4v) is 1.12. The Balaban J connectivity index is 2.53. The molecule has 1 N–H and O–H groups in total. The molecule has 0 spiro atoms. The monoisotopic (exact) mass is 181 g/mol. The zero-order valence-electron chi connectivity index (χ0n) is 8.75. The lowest BCUT2D eigenvalue weighted by Crippen LogP contribution is -2.06. The van der Waals surface area contributed by atoms with Crippen molar-refractivity contribution in [2.45, 2.75) is 39.7 Å². The lowest BCUT2D eigenvalue weighted by molar-refractivity contribution is 0.479. The normalized spacial score (nSPS) is 12.8. The minimum Gasteiger partial charge on any atom is -0.369 e. The summed E-state index contributed by atoms with van der Waals surface area (Å²) in [6.45, 7) is 7.50. The van der Waals surface area contributed by atoms with Gasteiger partial charge in [0.2, 0.25) is 0 Å². The summed E-state index contributed by atoms with van der Waals surface area (Å²) in [5.41, 5.74) is 0. The van der Waals surface area contributed by atoms with Crippen LogP contribution in [0.2, 0.25) is 0 Å². The highest BCUT2D eigenvalue weighted by Gasteiger charge is 2.02. The van der Waals surface area contributed by atoms with Crippen molar-refractivity contribution in [3.8, 4) is 0 Å². The molecule has 0 radical (unpaired) electrons. The Hall–Kier alpha value is -0.990. The first kappa shape index (κ1) is 10.1. The van der Waals surface area contributed by atoms with E-state index in [-0.39, 0.29) is 0 Å². The third kappa shape index (κ3) is 2.76. The molecule has 0 fully saturated rings. The Bertz CT molecular complexity index is 242. The predicted octanol–water partition coefficient (Wildman–Crippen LogP) is 2.68. The van der Waals surface area contributed by atoms with E-state index in [2.05, 4.69) is 31.2 Å². The van der Waals surface area contributed by atoms with Crippen LogP contribution in [0, 0.1) is 0 Å². The van der Waals surface area contributed by atoms with E-state index in [1.165, 1.54) is 0 Å². The molecule has 0 unspecified atom stereocenters. The van der Waals surface area contributed by atoms with E-state index in [1.54, 1.807) is 0 Å². The first-order valence-corrected chi connectivity index (χ1v) is 5.07. The molecule has 1 rings (SSSR count). The molecule has 74 valence electrons. The first-order valence-electron chi connectivity index (χ1n) is 5.07. The second kappa shape index (κ2) is 4.90. The van der Waals surface area contributed by atoms with E-state index in [4.69, 9.17) is 0 Å². The number of aromatic nitrogens is 2. The molecule has 0 saturated carbocycles. The van der Waals surface area contributed by atoms with Crippen LogP contribution in [0.4, 0.5) is 5.82 Å². The van der Waals surface area contributed by atoms with Gasteiger partial charge in [0.25, 0.3) is 0 Å². The largest absolute Gasteiger partial charge is 0.369 e. The summed E-state index contributed by atoms with van der Waals surface area (Å²) < 4.78 is 2.01. The Labute approximate surface area is 80.1 Å². The van der Waals surface area contributed by atoms with Crippen LogP contribution in [0.3, 0.4) is 0 Å². The quantitative estimate of drug-likeness (QED) is 0.756. The maximum atomic E-state index is 4.42. The molecule has 0 amide bonds. The second-order valence-electron chi connectivity index (χ2n) is 3.37. The summed E-state index contributed by atoms with van der Waals surface area (Å²) in [5, 5.41) is 7.69. The van der Waals surface area contributed by atoms with Gasteiger partial charge in [0.05, 0.1) is 0 Å². The van der Waals surface area contributed by atoms with E-state index in [9.17, 15) is 0 Å². The average Bonchev–Trinajstić information content (AvgIpc) is 2.62. The van der Waals surface area contributed by atoms with Crippen molar-refractivity contribution in [1.29, 1.82) is 0 Å². The first-order chi connectivity index (χ1) is 6.27. The van der Waals surface area contributed by atoms with Crippen LogP contribution < -0.4 is 5.32 Å². The van der Waals surface area contributed by atoms with Crippen LogP contribution in [0.25, 0.3) is 0 Å². The third-order valence-electron chi connectivity index (χ3n) is 2.21. The number of anilines is 1. The SMILES string of the molecule is CCCNc1ccn([C@@H](C)CC)n1. The van der Waals surface area contributed by atoms with Crippen molar-refractivity contribution in [3.63, 3.8) is 0 Å². The van der Waals surface area contributed by atoms with Crippen LogP contribution in [-0.4, -0.2) is 16.3 Å². The van der Waals surface area contributed by atoms with Crippen LogP contribution in [0.15, 0.2) is 12.3 Å². The molecule has 1 aromatic rings. The van der Waals surface area contributed by atoms with Gasteiger partial charge < -0.3 is 5.32 Å². The fraction of sp³-hybridized carbons (Fsp3) is 0.700. The van der Waals surface area contributed by atoms with Crippen LogP contribution in [-0.2, 0) is 0 Å². The van der Waals surface area contributed by atoms with E-state index in [1.807, 2.05) is 16.9 Å². The van der Waals surface area contributed by atoms with Gasteiger partial charge in [-0.15, -0.1) is 0 Å². The van der Waals surface area contributed by atoms with Crippen molar-refractivity contribution >= 4 is 5.82 Å². The molecule has 0 aliphatic rings. The smallest absolute Gasteiger partial charge is 0.147 e.